The fourth-order valence-corrected chi connectivity index (χ4v) is 6.49. The van der Waals surface area contributed by atoms with Gasteiger partial charge in [0.05, 0.1) is 24.3 Å². The van der Waals surface area contributed by atoms with Crippen molar-refractivity contribution in [2.24, 2.45) is 0 Å². The summed E-state index contributed by atoms with van der Waals surface area (Å²) in [7, 11) is 0. The number of halogens is 6. The molecule has 0 saturated heterocycles. The van der Waals surface area contributed by atoms with E-state index in [1.807, 2.05) is 12.2 Å². The Balaban J connectivity index is 1.12. The van der Waals surface area contributed by atoms with Gasteiger partial charge in [-0.15, -0.1) is 0 Å². The van der Waals surface area contributed by atoms with Crippen molar-refractivity contribution in [3.8, 4) is 23.0 Å². The highest BCUT2D eigenvalue weighted by molar-refractivity contribution is 5.92. The predicted octanol–water partition coefficient (Wildman–Crippen LogP) is 11.1. The Morgan fingerprint density at radius 1 is 0.569 bits per heavy atom. The molecule has 0 heterocycles. The molecule has 0 aliphatic heterocycles. The highest BCUT2D eigenvalue weighted by atomic mass is 19.4. The Kier molecular flexibility index (Phi) is 17.2. The van der Waals surface area contributed by atoms with Gasteiger partial charge in [0, 0.05) is 36.6 Å². The maximum atomic E-state index is 12.7. The van der Waals surface area contributed by atoms with Gasteiger partial charge >= 0.3 is 24.3 Å². The second-order valence-electron chi connectivity index (χ2n) is 15.1. The average Bonchev–Trinajstić information content (AvgIpc) is 3.24. The van der Waals surface area contributed by atoms with Crippen LogP contribution in [0, 0.1) is 0 Å². The number of alkyl halides is 6. The van der Waals surface area contributed by atoms with Crippen molar-refractivity contribution in [3.63, 3.8) is 0 Å². The molecule has 0 saturated carbocycles. The van der Waals surface area contributed by atoms with Crippen LogP contribution in [-0.4, -0.2) is 53.5 Å². The van der Waals surface area contributed by atoms with Crippen LogP contribution in [-0.2, 0) is 0 Å². The second-order valence-corrected chi connectivity index (χ2v) is 15.1. The van der Waals surface area contributed by atoms with E-state index in [1.165, 1.54) is 48.5 Å². The summed E-state index contributed by atoms with van der Waals surface area (Å²) in [5.41, 5.74) is 15.4. The molecular weight excluding hydrogens is 859 g/mol. The normalized spacial score (nSPS) is 12.6. The highest BCUT2D eigenvalue weighted by Crippen LogP contribution is 2.36. The summed E-state index contributed by atoms with van der Waals surface area (Å²) in [6, 6.07) is 29.8. The van der Waals surface area contributed by atoms with Gasteiger partial charge in [0.1, 0.15) is 23.0 Å². The van der Waals surface area contributed by atoms with Crippen molar-refractivity contribution in [2.45, 2.75) is 69.0 Å². The SMILES string of the molecule is Nc1cc(N)cc(C(CC/C=C/c2ccc(C(=O)Oc3ccc(OCCCC(F)(F)F)cc3)cc2)C(O)(O)C/C=C/c2ccc(C(=O)Oc3ccc(OCCCC(F)(F)F)cc3)cc2)c1. The number of anilines is 2. The molecule has 5 rings (SSSR count). The third-order valence-corrected chi connectivity index (χ3v) is 9.73. The first-order valence-corrected chi connectivity index (χ1v) is 20.5. The largest absolute Gasteiger partial charge is 0.494 e. The van der Waals surface area contributed by atoms with Crippen LogP contribution in [0.5, 0.6) is 23.0 Å². The van der Waals surface area contributed by atoms with Gasteiger partial charge in [-0.2, -0.15) is 26.3 Å². The monoisotopic (exact) mass is 906 g/mol. The Morgan fingerprint density at radius 3 is 1.38 bits per heavy atom. The first kappa shape index (κ1) is 49.2. The van der Waals surface area contributed by atoms with Crippen LogP contribution >= 0.6 is 0 Å². The molecule has 0 bridgehead atoms. The molecule has 0 radical (unpaired) electrons. The van der Waals surface area contributed by atoms with Crippen molar-refractivity contribution >= 4 is 35.5 Å². The Labute approximate surface area is 371 Å². The zero-order valence-electron chi connectivity index (χ0n) is 35.0. The predicted molar refractivity (Wildman–Crippen MR) is 234 cm³/mol. The summed E-state index contributed by atoms with van der Waals surface area (Å²) < 4.78 is 95.4. The lowest BCUT2D eigenvalue weighted by atomic mass is 9.84. The van der Waals surface area contributed by atoms with Crippen molar-refractivity contribution in [1.29, 1.82) is 0 Å². The van der Waals surface area contributed by atoms with Crippen molar-refractivity contribution in [1.82, 2.24) is 0 Å². The van der Waals surface area contributed by atoms with Gasteiger partial charge in [-0.3, -0.25) is 0 Å². The smallest absolute Gasteiger partial charge is 0.389 e. The molecule has 5 aromatic carbocycles. The summed E-state index contributed by atoms with van der Waals surface area (Å²) in [5, 5.41) is 22.9. The van der Waals surface area contributed by atoms with E-state index in [1.54, 1.807) is 78.9 Å². The van der Waals surface area contributed by atoms with E-state index in [2.05, 4.69) is 0 Å². The molecule has 1 atom stereocenters. The third kappa shape index (κ3) is 17.0. The lowest BCUT2D eigenvalue weighted by molar-refractivity contribution is -0.177. The lowest BCUT2D eigenvalue weighted by Gasteiger charge is -2.31. The standard InChI is InChI=1S/C49H48F6N2O8/c50-48(51,52)26-4-28-62-40-17-21-42(22-18-40)64-45(58)35-13-9-33(10-14-35)6-1-2-8-44(37-30-38(56)32-39(57)31-37)47(60,61)25-3-7-34-11-15-36(16-12-34)46(59)65-43-23-19-41(20-24-43)63-29-5-27-49(53,54)55/h1,3,6-7,9-24,30-32,44,60-61H,2,4-5,8,25-29,56-57H2/b6-1+,7-3+. The van der Waals surface area contributed by atoms with Crippen LogP contribution in [0.2, 0.25) is 0 Å². The lowest BCUT2D eigenvalue weighted by Crippen LogP contribution is -2.35. The average molecular weight is 907 g/mol. The number of benzene rings is 5. The number of nitrogens with two attached hydrogens (primary N) is 2. The van der Waals surface area contributed by atoms with E-state index in [-0.39, 0.29) is 61.5 Å². The van der Waals surface area contributed by atoms with E-state index in [9.17, 15) is 46.1 Å². The summed E-state index contributed by atoms with van der Waals surface area (Å²) in [6.07, 6.45) is -3.26. The summed E-state index contributed by atoms with van der Waals surface area (Å²) in [6.45, 7) is -0.215. The molecule has 0 fully saturated rings. The number of aliphatic hydroxyl groups is 2. The van der Waals surface area contributed by atoms with Crippen LogP contribution in [0.25, 0.3) is 12.2 Å². The highest BCUT2D eigenvalue weighted by Gasteiger charge is 2.34. The number of allylic oxidation sites excluding steroid dienone is 1. The van der Waals surface area contributed by atoms with Gasteiger partial charge < -0.3 is 40.6 Å². The van der Waals surface area contributed by atoms with Crippen LogP contribution in [0.1, 0.15) is 88.3 Å². The van der Waals surface area contributed by atoms with Gasteiger partial charge in [0.15, 0.2) is 5.79 Å². The number of carbonyl (C=O) groups is 2. The zero-order valence-corrected chi connectivity index (χ0v) is 35.0. The second kappa shape index (κ2) is 22.7. The first-order valence-electron chi connectivity index (χ1n) is 20.5. The van der Waals surface area contributed by atoms with E-state index >= 15 is 0 Å². The van der Waals surface area contributed by atoms with Crippen LogP contribution < -0.4 is 30.4 Å². The molecule has 6 N–H and O–H groups in total. The van der Waals surface area contributed by atoms with Gasteiger partial charge in [0.25, 0.3) is 0 Å². The Hall–Kier alpha value is -6.78. The maximum Gasteiger partial charge on any atom is 0.389 e. The number of esters is 2. The number of nitrogen functional groups attached to an aromatic ring is 2. The van der Waals surface area contributed by atoms with Crippen molar-refractivity contribution < 1.29 is 65.1 Å². The van der Waals surface area contributed by atoms with E-state index in [0.29, 0.717) is 40.4 Å². The quantitative estimate of drug-likeness (QED) is 0.0139. The molecule has 344 valence electrons. The van der Waals surface area contributed by atoms with Gasteiger partial charge in [-0.25, -0.2) is 9.59 Å². The molecular formula is C49H48F6N2O8. The van der Waals surface area contributed by atoms with Crippen molar-refractivity contribution in [3.05, 3.63) is 155 Å². The van der Waals surface area contributed by atoms with Gasteiger partial charge in [0.2, 0.25) is 0 Å². The van der Waals surface area contributed by atoms with Crippen LogP contribution in [0.3, 0.4) is 0 Å². The molecule has 0 amide bonds. The fourth-order valence-electron chi connectivity index (χ4n) is 6.49. The molecule has 65 heavy (non-hydrogen) atoms. The Bertz CT molecular complexity index is 2340. The summed E-state index contributed by atoms with van der Waals surface area (Å²) in [5.74, 6) is -3.18. The third-order valence-electron chi connectivity index (χ3n) is 9.73. The number of ether oxygens (including phenoxy) is 4. The molecule has 1 unspecified atom stereocenters. The number of hydrogen-bond acceptors (Lipinski definition) is 10. The molecule has 16 heteroatoms. The number of rotatable bonds is 21. The van der Waals surface area contributed by atoms with E-state index in [4.69, 9.17) is 30.4 Å². The minimum absolute atomic E-state index is 0.104. The van der Waals surface area contributed by atoms with Crippen LogP contribution in [0.15, 0.2) is 127 Å². The molecule has 0 aromatic heterocycles. The van der Waals surface area contributed by atoms with E-state index in [0.717, 1.165) is 5.56 Å². The molecule has 0 aliphatic rings. The fraction of sp³-hybridized carbons (Fsp3) is 0.265. The van der Waals surface area contributed by atoms with Gasteiger partial charge in [-0.05, 0) is 133 Å². The molecule has 5 aromatic rings. The van der Waals surface area contributed by atoms with Gasteiger partial charge in [-0.1, -0.05) is 48.6 Å². The number of hydrogen-bond donors (Lipinski definition) is 4. The number of carbonyl (C=O) groups excluding carboxylic acids is 2. The van der Waals surface area contributed by atoms with Crippen LogP contribution in [0.4, 0.5) is 37.7 Å². The zero-order chi connectivity index (χ0) is 47.0. The maximum absolute atomic E-state index is 12.7. The summed E-state index contributed by atoms with van der Waals surface area (Å²) in [4.78, 5) is 25.5. The topological polar surface area (TPSA) is 164 Å². The van der Waals surface area contributed by atoms with E-state index < -0.39 is 48.8 Å². The minimum Gasteiger partial charge on any atom is -0.494 e. The molecule has 0 aliphatic carbocycles. The minimum atomic E-state index is -4.25. The molecule has 0 spiro atoms. The summed E-state index contributed by atoms with van der Waals surface area (Å²) >= 11 is 0. The molecule has 10 nitrogen and oxygen atoms in total. The van der Waals surface area contributed by atoms with Crippen molar-refractivity contribution in [2.75, 3.05) is 24.7 Å². The Morgan fingerprint density at radius 2 is 0.969 bits per heavy atom. The first-order chi connectivity index (χ1) is 30.8.